The zero-order valence-electron chi connectivity index (χ0n) is 13.8. The fourth-order valence-corrected chi connectivity index (χ4v) is 2.32. The average Bonchev–Trinajstić information content (AvgIpc) is 2.37. The van der Waals surface area contributed by atoms with Gasteiger partial charge in [-0.1, -0.05) is 27.7 Å². The van der Waals surface area contributed by atoms with Gasteiger partial charge in [-0.25, -0.2) is 4.98 Å². The molecule has 0 aliphatic carbocycles. The Labute approximate surface area is 132 Å². The number of thioether (sulfide) groups is 1. The Hall–Kier alpha value is -1.41. The molecular weight excluding hydrogens is 282 g/mol. The van der Waals surface area contributed by atoms with Crippen molar-refractivity contribution in [2.45, 2.75) is 52.0 Å². The van der Waals surface area contributed by atoms with E-state index in [4.69, 9.17) is 10.00 Å². The molecule has 0 spiro atoms. The first-order chi connectivity index (χ1) is 9.67. The predicted molar refractivity (Wildman–Crippen MR) is 88.9 cm³/mol. The Morgan fingerprint density at radius 2 is 2.00 bits per heavy atom. The molecule has 0 amide bonds. The van der Waals surface area contributed by atoms with Crippen LogP contribution in [0, 0.1) is 16.7 Å². The Morgan fingerprint density at radius 3 is 2.52 bits per heavy atom. The van der Waals surface area contributed by atoms with Crippen LogP contribution in [0.2, 0.25) is 0 Å². The maximum Gasteiger partial charge on any atom is 0.188 e. The number of ether oxygens (including phenoxy) is 1. The second-order valence-corrected chi connectivity index (χ2v) is 7.90. The van der Waals surface area contributed by atoms with E-state index in [0.29, 0.717) is 5.75 Å². The molecule has 5 heteroatoms. The van der Waals surface area contributed by atoms with E-state index in [1.807, 2.05) is 6.07 Å². The monoisotopic (exact) mass is 307 g/mol. The van der Waals surface area contributed by atoms with Crippen molar-refractivity contribution in [3.05, 3.63) is 12.3 Å². The molecule has 0 radical (unpaired) electrons. The van der Waals surface area contributed by atoms with E-state index >= 15 is 0 Å². The topological polar surface area (TPSA) is 57.9 Å². The van der Waals surface area contributed by atoms with Crippen LogP contribution < -0.4 is 10.1 Å². The molecule has 0 saturated heterocycles. The fraction of sp³-hybridized carbons (Fsp3) is 0.625. The van der Waals surface area contributed by atoms with E-state index in [-0.39, 0.29) is 5.41 Å². The highest BCUT2D eigenvalue weighted by Crippen LogP contribution is 2.31. The van der Waals surface area contributed by atoms with Gasteiger partial charge in [-0.2, -0.15) is 5.26 Å². The van der Waals surface area contributed by atoms with Gasteiger partial charge in [0.15, 0.2) is 5.60 Å². The third-order valence-corrected chi connectivity index (χ3v) is 3.47. The lowest BCUT2D eigenvalue weighted by Crippen LogP contribution is -2.25. The maximum absolute atomic E-state index is 9.04. The van der Waals surface area contributed by atoms with Gasteiger partial charge in [0.05, 0.1) is 11.1 Å². The van der Waals surface area contributed by atoms with E-state index in [0.717, 1.165) is 23.0 Å². The van der Waals surface area contributed by atoms with Crippen LogP contribution in [-0.2, 0) is 0 Å². The SMILES string of the molecule is CCSc1cc(OC(C)(C)C#N)cnc1NCC(C)(C)C. The zero-order chi connectivity index (χ0) is 16.1. The molecule has 0 saturated carbocycles. The standard InChI is InChI=1S/C16H25N3OS/c1-7-21-13-8-12(20-16(5,6)10-17)9-18-14(13)19-11-15(2,3)4/h8-9H,7,11H2,1-6H3,(H,18,19). The Morgan fingerprint density at radius 1 is 1.33 bits per heavy atom. The summed E-state index contributed by atoms with van der Waals surface area (Å²) < 4.78 is 5.67. The van der Waals surface area contributed by atoms with Crippen molar-refractivity contribution in [2.24, 2.45) is 5.41 Å². The minimum Gasteiger partial charge on any atom is -0.471 e. The van der Waals surface area contributed by atoms with E-state index in [9.17, 15) is 0 Å². The molecular formula is C16H25N3OS. The van der Waals surface area contributed by atoms with Crippen molar-refractivity contribution in [3.8, 4) is 11.8 Å². The number of nitrogens with one attached hydrogen (secondary N) is 1. The third-order valence-electron chi connectivity index (χ3n) is 2.56. The molecule has 1 N–H and O–H groups in total. The van der Waals surface area contributed by atoms with Crippen LogP contribution in [0.3, 0.4) is 0 Å². The van der Waals surface area contributed by atoms with Crippen LogP contribution in [0.15, 0.2) is 17.2 Å². The van der Waals surface area contributed by atoms with E-state index in [1.165, 1.54) is 0 Å². The molecule has 0 aliphatic heterocycles. The van der Waals surface area contributed by atoms with E-state index in [1.54, 1.807) is 31.8 Å². The molecule has 4 nitrogen and oxygen atoms in total. The lowest BCUT2D eigenvalue weighted by atomic mass is 9.97. The van der Waals surface area contributed by atoms with Crippen molar-refractivity contribution in [2.75, 3.05) is 17.6 Å². The summed E-state index contributed by atoms with van der Waals surface area (Å²) in [5, 5.41) is 12.4. The largest absolute Gasteiger partial charge is 0.471 e. The second kappa shape index (κ2) is 7.04. The average molecular weight is 307 g/mol. The molecule has 0 aliphatic rings. The minimum atomic E-state index is -0.851. The Kier molecular flexibility index (Phi) is 5.91. The molecule has 116 valence electrons. The van der Waals surface area contributed by atoms with Gasteiger partial charge in [0.25, 0.3) is 0 Å². The number of nitrogens with zero attached hydrogens (tertiary/aromatic N) is 2. The lowest BCUT2D eigenvalue weighted by molar-refractivity contribution is 0.169. The highest BCUT2D eigenvalue weighted by Gasteiger charge is 2.20. The molecule has 1 heterocycles. The summed E-state index contributed by atoms with van der Waals surface area (Å²) in [5.74, 6) is 2.45. The molecule has 21 heavy (non-hydrogen) atoms. The predicted octanol–water partition coefficient (Wildman–Crippen LogP) is 4.33. The normalized spacial score (nSPS) is 11.9. The number of aromatic nitrogens is 1. The maximum atomic E-state index is 9.04. The molecule has 0 aromatic carbocycles. The van der Waals surface area contributed by atoms with Gasteiger partial charge in [0, 0.05) is 6.54 Å². The first-order valence-electron chi connectivity index (χ1n) is 7.14. The molecule has 0 fully saturated rings. The zero-order valence-corrected chi connectivity index (χ0v) is 14.6. The van der Waals surface area contributed by atoms with Crippen LogP contribution in [0.4, 0.5) is 5.82 Å². The minimum absolute atomic E-state index is 0.188. The molecule has 0 unspecified atom stereocenters. The summed E-state index contributed by atoms with van der Waals surface area (Å²) >= 11 is 1.71. The molecule has 0 bridgehead atoms. The van der Waals surface area contributed by atoms with Gasteiger partial charge in [0.1, 0.15) is 17.6 Å². The highest BCUT2D eigenvalue weighted by atomic mass is 32.2. The summed E-state index contributed by atoms with van der Waals surface area (Å²) in [6.45, 7) is 13.0. The summed E-state index contributed by atoms with van der Waals surface area (Å²) in [6, 6.07) is 4.08. The van der Waals surface area contributed by atoms with E-state index in [2.05, 4.69) is 44.1 Å². The number of anilines is 1. The van der Waals surface area contributed by atoms with Crippen molar-refractivity contribution < 1.29 is 4.74 Å². The third kappa shape index (κ3) is 6.26. The number of rotatable bonds is 6. The number of pyridine rings is 1. The van der Waals surface area contributed by atoms with Gasteiger partial charge in [-0.05, 0) is 31.1 Å². The van der Waals surface area contributed by atoms with Crippen LogP contribution in [0.5, 0.6) is 5.75 Å². The molecule has 1 rings (SSSR count). The van der Waals surface area contributed by atoms with Crippen LogP contribution in [0.25, 0.3) is 0 Å². The second-order valence-electron chi connectivity index (χ2n) is 6.59. The Balaban J connectivity index is 2.94. The van der Waals surface area contributed by atoms with Crippen molar-refractivity contribution in [3.63, 3.8) is 0 Å². The summed E-state index contributed by atoms with van der Waals surface area (Å²) in [7, 11) is 0. The fourth-order valence-electron chi connectivity index (χ4n) is 1.55. The van der Waals surface area contributed by atoms with Gasteiger partial charge in [-0.15, -0.1) is 11.8 Å². The van der Waals surface area contributed by atoms with Gasteiger partial charge < -0.3 is 10.1 Å². The number of hydrogen-bond acceptors (Lipinski definition) is 5. The number of nitriles is 1. The van der Waals surface area contributed by atoms with Gasteiger partial charge >= 0.3 is 0 Å². The quantitative estimate of drug-likeness (QED) is 0.793. The van der Waals surface area contributed by atoms with Gasteiger partial charge in [0.2, 0.25) is 0 Å². The number of hydrogen-bond donors (Lipinski definition) is 1. The lowest BCUT2D eigenvalue weighted by Gasteiger charge is -2.22. The molecule has 1 aromatic rings. The highest BCUT2D eigenvalue weighted by molar-refractivity contribution is 7.99. The van der Waals surface area contributed by atoms with Crippen LogP contribution in [-0.4, -0.2) is 22.9 Å². The van der Waals surface area contributed by atoms with Crippen molar-refractivity contribution in [1.29, 1.82) is 5.26 Å². The summed E-state index contributed by atoms with van der Waals surface area (Å²) in [4.78, 5) is 5.50. The smallest absolute Gasteiger partial charge is 0.188 e. The van der Waals surface area contributed by atoms with Crippen LogP contribution >= 0.6 is 11.8 Å². The van der Waals surface area contributed by atoms with Crippen LogP contribution in [0.1, 0.15) is 41.5 Å². The van der Waals surface area contributed by atoms with Gasteiger partial charge in [-0.3, -0.25) is 0 Å². The van der Waals surface area contributed by atoms with E-state index < -0.39 is 5.60 Å². The molecule has 0 atom stereocenters. The Bertz CT molecular complexity index is 515. The summed E-state index contributed by atoms with van der Waals surface area (Å²) in [6.07, 6.45) is 1.67. The molecule has 1 aromatic heterocycles. The first-order valence-corrected chi connectivity index (χ1v) is 8.12. The first kappa shape index (κ1) is 17.6. The van der Waals surface area contributed by atoms with Crippen molar-refractivity contribution in [1.82, 2.24) is 4.98 Å². The van der Waals surface area contributed by atoms with Crippen molar-refractivity contribution >= 4 is 17.6 Å². The summed E-state index contributed by atoms with van der Waals surface area (Å²) in [5.41, 5.74) is -0.663.